The van der Waals surface area contributed by atoms with Crippen LogP contribution in [0.15, 0.2) is 48.5 Å². The Labute approximate surface area is 202 Å². The van der Waals surface area contributed by atoms with E-state index < -0.39 is 0 Å². The molecule has 0 fully saturated rings. The first-order valence-corrected chi connectivity index (χ1v) is 11.0. The summed E-state index contributed by atoms with van der Waals surface area (Å²) in [6, 6.07) is 14.7. The number of methoxy groups -OCH3 is 2. The highest BCUT2D eigenvalue weighted by atomic mass is 16.5. The zero-order valence-electron chi connectivity index (χ0n) is 20.1. The number of hydrogen-bond donors (Lipinski definition) is 1. The Balaban J connectivity index is 1.34. The molecule has 0 aliphatic rings. The lowest BCUT2D eigenvalue weighted by Crippen LogP contribution is -2.32. The molecular weight excluding hydrogens is 450 g/mol. The molecule has 1 N–H and O–H groups in total. The third-order valence-electron chi connectivity index (χ3n) is 5.13. The van der Waals surface area contributed by atoms with Crippen LogP contribution in [-0.4, -0.2) is 59.7 Å². The van der Waals surface area contributed by atoms with Crippen molar-refractivity contribution in [3.63, 3.8) is 0 Å². The van der Waals surface area contributed by atoms with E-state index in [2.05, 4.69) is 20.6 Å². The summed E-state index contributed by atoms with van der Waals surface area (Å²) in [5.74, 6) is 2.55. The lowest BCUT2D eigenvalue weighted by atomic mass is 10.1. The summed E-state index contributed by atoms with van der Waals surface area (Å²) in [7, 11) is 3.16. The molecule has 35 heavy (non-hydrogen) atoms. The van der Waals surface area contributed by atoms with Crippen molar-refractivity contribution in [1.82, 2.24) is 25.1 Å². The number of carbonyl (C=O) groups is 1. The highest BCUT2D eigenvalue weighted by molar-refractivity contribution is 5.77. The molecule has 182 valence electrons. The molecule has 2 aromatic heterocycles. The first kappa shape index (κ1) is 23.8. The lowest BCUT2D eigenvalue weighted by molar-refractivity contribution is -0.123. The van der Waals surface area contributed by atoms with E-state index in [0.29, 0.717) is 46.7 Å². The molecule has 0 unspecified atom stereocenters. The molecule has 0 saturated heterocycles. The summed E-state index contributed by atoms with van der Waals surface area (Å²) < 4.78 is 23.6. The summed E-state index contributed by atoms with van der Waals surface area (Å²) in [6.07, 6.45) is 0. The zero-order chi connectivity index (χ0) is 24.8. The average Bonchev–Trinajstić information content (AvgIpc) is 3.27. The van der Waals surface area contributed by atoms with E-state index in [4.69, 9.17) is 18.9 Å². The van der Waals surface area contributed by atoms with Gasteiger partial charge in [-0.1, -0.05) is 6.07 Å². The van der Waals surface area contributed by atoms with Crippen LogP contribution in [0, 0.1) is 13.8 Å². The van der Waals surface area contributed by atoms with Crippen molar-refractivity contribution >= 4 is 11.6 Å². The van der Waals surface area contributed by atoms with Gasteiger partial charge >= 0.3 is 0 Å². The molecule has 0 bridgehead atoms. The average molecular weight is 478 g/mol. The van der Waals surface area contributed by atoms with Crippen LogP contribution in [0.5, 0.6) is 23.1 Å². The van der Waals surface area contributed by atoms with Crippen LogP contribution < -0.4 is 24.3 Å². The van der Waals surface area contributed by atoms with E-state index in [0.717, 1.165) is 11.1 Å². The van der Waals surface area contributed by atoms with Gasteiger partial charge in [-0.3, -0.25) is 4.79 Å². The van der Waals surface area contributed by atoms with Crippen molar-refractivity contribution in [2.24, 2.45) is 0 Å². The Morgan fingerprint density at radius 2 is 1.71 bits per heavy atom. The molecule has 4 rings (SSSR count). The molecule has 0 spiro atoms. The number of aryl methyl sites for hydroxylation is 2. The summed E-state index contributed by atoms with van der Waals surface area (Å²) in [5, 5.41) is 15.7. The minimum atomic E-state index is -0.233. The second kappa shape index (κ2) is 10.7. The fourth-order valence-electron chi connectivity index (χ4n) is 3.56. The maximum absolute atomic E-state index is 12.1. The van der Waals surface area contributed by atoms with Crippen molar-refractivity contribution in [3.8, 4) is 34.5 Å². The van der Waals surface area contributed by atoms with Gasteiger partial charge in [0.15, 0.2) is 18.1 Å². The van der Waals surface area contributed by atoms with Gasteiger partial charge in [0.05, 0.1) is 26.3 Å². The smallest absolute Gasteiger partial charge is 0.258 e. The van der Waals surface area contributed by atoms with Crippen molar-refractivity contribution in [2.45, 2.75) is 13.8 Å². The van der Waals surface area contributed by atoms with E-state index in [-0.39, 0.29) is 19.1 Å². The predicted octanol–water partition coefficient (Wildman–Crippen LogP) is 3.00. The van der Waals surface area contributed by atoms with Gasteiger partial charge in [-0.2, -0.15) is 4.52 Å². The molecule has 0 radical (unpaired) electrons. The van der Waals surface area contributed by atoms with Crippen LogP contribution in [0.3, 0.4) is 0 Å². The predicted molar refractivity (Wildman–Crippen MR) is 129 cm³/mol. The van der Waals surface area contributed by atoms with E-state index >= 15 is 0 Å². The van der Waals surface area contributed by atoms with Gasteiger partial charge in [0.2, 0.25) is 5.88 Å². The van der Waals surface area contributed by atoms with Crippen LogP contribution in [0.4, 0.5) is 0 Å². The van der Waals surface area contributed by atoms with Crippen LogP contribution >= 0.6 is 0 Å². The first-order chi connectivity index (χ1) is 17.0. The number of carbonyl (C=O) groups excluding carboxylic acids is 1. The number of nitrogens with one attached hydrogen (secondary N) is 1. The topological polar surface area (TPSA) is 109 Å². The minimum absolute atomic E-state index is 0.0686. The Hall–Kier alpha value is -4.34. The van der Waals surface area contributed by atoms with Crippen LogP contribution in [-0.2, 0) is 4.79 Å². The Bertz CT molecular complexity index is 1320. The normalized spacial score (nSPS) is 10.7. The molecule has 0 aliphatic heterocycles. The second-order valence-electron chi connectivity index (χ2n) is 7.84. The quantitative estimate of drug-likeness (QED) is 0.347. The molecule has 10 nitrogen and oxygen atoms in total. The van der Waals surface area contributed by atoms with Crippen LogP contribution in [0.2, 0.25) is 0 Å². The number of nitrogens with zero attached hydrogens (tertiary/aromatic N) is 4. The maximum atomic E-state index is 12.1. The van der Waals surface area contributed by atoms with Gasteiger partial charge in [0.25, 0.3) is 5.91 Å². The fourth-order valence-corrected chi connectivity index (χ4v) is 3.56. The van der Waals surface area contributed by atoms with Crippen molar-refractivity contribution in [3.05, 3.63) is 59.7 Å². The van der Waals surface area contributed by atoms with Gasteiger partial charge in [-0.15, -0.1) is 15.3 Å². The highest BCUT2D eigenvalue weighted by Crippen LogP contribution is 2.32. The number of rotatable bonds is 10. The number of fused-ring (bicyclic) bond motifs is 1. The van der Waals surface area contributed by atoms with Crippen molar-refractivity contribution in [1.29, 1.82) is 0 Å². The number of hydrogen-bond acceptors (Lipinski definition) is 8. The summed E-state index contributed by atoms with van der Waals surface area (Å²) in [6.45, 7) is 4.44. The third-order valence-corrected chi connectivity index (χ3v) is 5.13. The van der Waals surface area contributed by atoms with E-state index in [1.54, 1.807) is 36.9 Å². The largest absolute Gasteiger partial charge is 0.497 e. The Morgan fingerprint density at radius 1 is 0.914 bits per heavy atom. The van der Waals surface area contributed by atoms with Crippen LogP contribution in [0.1, 0.15) is 11.1 Å². The molecule has 2 aromatic carbocycles. The number of aromatic nitrogens is 4. The molecule has 10 heteroatoms. The maximum Gasteiger partial charge on any atom is 0.258 e. The standard InChI is InChI=1S/C25H27N5O5/c1-16-11-17(2)13-19(12-16)35-15-23(31)26-9-10-34-24-8-7-22-27-28-25(30(22)29-24)20-6-5-18(32-3)14-21(20)33-4/h5-8,11-14H,9-10,15H2,1-4H3,(H,26,31). The number of amides is 1. The van der Waals surface area contributed by atoms with Gasteiger partial charge in [0.1, 0.15) is 23.9 Å². The SMILES string of the molecule is COc1ccc(-c2nnc3ccc(OCCNC(=O)COc4cc(C)cc(C)c4)nn23)c(OC)c1. The summed E-state index contributed by atoms with van der Waals surface area (Å²) in [4.78, 5) is 12.1. The molecule has 1 amide bonds. The zero-order valence-corrected chi connectivity index (χ0v) is 20.1. The molecule has 0 saturated carbocycles. The van der Waals surface area contributed by atoms with E-state index in [1.165, 1.54) is 0 Å². The summed E-state index contributed by atoms with van der Waals surface area (Å²) >= 11 is 0. The van der Waals surface area contributed by atoms with Gasteiger partial charge in [-0.25, -0.2) is 0 Å². The van der Waals surface area contributed by atoms with E-state index in [9.17, 15) is 4.79 Å². The number of ether oxygens (including phenoxy) is 4. The van der Waals surface area contributed by atoms with Gasteiger partial charge in [-0.05, 0) is 55.3 Å². The Morgan fingerprint density at radius 3 is 2.46 bits per heavy atom. The molecular formula is C25H27N5O5. The van der Waals surface area contributed by atoms with Gasteiger partial charge in [0, 0.05) is 12.1 Å². The highest BCUT2D eigenvalue weighted by Gasteiger charge is 2.16. The van der Waals surface area contributed by atoms with Gasteiger partial charge < -0.3 is 24.3 Å². The molecule has 2 heterocycles. The molecule has 0 atom stereocenters. The minimum Gasteiger partial charge on any atom is -0.497 e. The third kappa shape index (κ3) is 5.78. The molecule has 4 aromatic rings. The Kier molecular flexibility index (Phi) is 7.30. The summed E-state index contributed by atoms with van der Waals surface area (Å²) in [5.41, 5.74) is 3.43. The number of benzene rings is 2. The van der Waals surface area contributed by atoms with Crippen LogP contribution in [0.25, 0.3) is 17.0 Å². The van der Waals surface area contributed by atoms with Crippen molar-refractivity contribution < 1.29 is 23.7 Å². The lowest BCUT2D eigenvalue weighted by Gasteiger charge is -2.10. The second-order valence-corrected chi connectivity index (χ2v) is 7.84. The monoisotopic (exact) mass is 477 g/mol. The first-order valence-electron chi connectivity index (χ1n) is 11.0. The molecule has 0 aliphatic carbocycles. The van der Waals surface area contributed by atoms with Crippen molar-refractivity contribution in [2.75, 3.05) is 34.0 Å². The van der Waals surface area contributed by atoms with E-state index in [1.807, 2.05) is 44.2 Å². The fraction of sp³-hybridized carbons (Fsp3) is 0.280.